The second-order valence-corrected chi connectivity index (χ2v) is 4.17. The fraction of sp³-hybridized carbons (Fsp3) is 0.364. The summed E-state index contributed by atoms with van der Waals surface area (Å²) in [7, 11) is 0. The second-order valence-electron chi connectivity index (χ2n) is 4.17. The molecule has 0 saturated heterocycles. The lowest BCUT2D eigenvalue weighted by atomic mass is 9.72. The molecule has 1 aromatic rings. The van der Waals surface area contributed by atoms with Crippen molar-refractivity contribution in [2.45, 2.75) is 24.8 Å². The summed E-state index contributed by atoms with van der Waals surface area (Å²) in [5.41, 5.74) is -1.57. The van der Waals surface area contributed by atoms with Gasteiger partial charge in [0.25, 0.3) is 5.69 Å². The van der Waals surface area contributed by atoms with Gasteiger partial charge < -0.3 is 5.11 Å². The average Bonchev–Trinajstić information content (AvgIpc) is 2.27. The number of non-ortho nitro benzene ring substituents is 1. The third-order valence-electron chi connectivity index (χ3n) is 3.20. The third-order valence-corrected chi connectivity index (χ3v) is 3.20. The maximum absolute atomic E-state index is 13.4. The minimum atomic E-state index is -1.09. The number of carbonyl (C=O) groups excluding carboxylic acids is 1. The molecule has 18 heavy (non-hydrogen) atoms. The Labute approximate surface area is 101 Å². The molecule has 1 aliphatic carbocycles. The Bertz CT molecular complexity index is 562. The van der Waals surface area contributed by atoms with Crippen LogP contribution >= 0.6 is 0 Å². The lowest BCUT2D eigenvalue weighted by Gasteiger charge is -2.37. The van der Waals surface area contributed by atoms with Crippen LogP contribution in [0.5, 0.6) is 5.75 Å². The Morgan fingerprint density at radius 3 is 2.61 bits per heavy atom. The molecule has 1 aromatic carbocycles. The zero-order valence-corrected chi connectivity index (χ0v) is 9.22. The van der Waals surface area contributed by atoms with Gasteiger partial charge in [-0.3, -0.25) is 10.1 Å². The van der Waals surface area contributed by atoms with E-state index in [1.165, 1.54) is 6.08 Å². The van der Waals surface area contributed by atoms with Gasteiger partial charge in [-0.15, -0.1) is 0 Å². The molecule has 0 heterocycles. The van der Waals surface area contributed by atoms with Gasteiger partial charge in [0, 0.05) is 11.6 Å². The largest absolute Gasteiger partial charge is 0.505 e. The van der Waals surface area contributed by atoms with Crippen molar-refractivity contribution >= 4 is 11.8 Å². The summed E-state index contributed by atoms with van der Waals surface area (Å²) in [6.45, 7) is 0. The fourth-order valence-electron chi connectivity index (χ4n) is 2.09. The minimum Gasteiger partial charge on any atom is -0.505 e. The summed E-state index contributed by atoms with van der Waals surface area (Å²) in [6.07, 6.45) is 2.97. The number of hydrogen-bond donors (Lipinski definition) is 1. The van der Waals surface area contributed by atoms with E-state index in [4.69, 9.17) is 0 Å². The number of aliphatic imine (C=N–C) groups is 1. The summed E-state index contributed by atoms with van der Waals surface area (Å²) in [6, 6.07) is 1.69. The molecular formula is C11H9FN2O4. The van der Waals surface area contributed by atoms with E-state index in [-0.39, 0.29) is 5.56 Å². The quantitative estimate of drug-likeness (QED) is 0.386. The van der Waals surface area contributed by atoms with Crippen LogP contribution in [0.25, 0.3) is 0 Å². The molecule has 0 aromatic heterocycles. The molecule has 0 amide bonds. The Morgan fingerprint density at radius 2 is 2.17 bits per heavy atom. The second kappa shape index (κ2) is 4.19. The molecule has 7 heteroatoms. The van der Waals surface area contributed by atoms with Gasteiger partial charge >= 0.3 is 0 Å². The van der Waals surface area contributed by atoms with Gasteiger partial charge in [0.05, 0.1) is 11.0 Å². The maximum atomic E-state index is 13.4. The van der Waals surface area contributed by atoms with Crippen molar-refractivity contribution in [2.24, 2.45) is 4.99 Å². The van der Waals surface area contributed by atoms with Crippen LogP contribution in [0.15, 0.2) is 17.1 Å². The van der Waals surface area contributed by atoms with Gasteiger partial charge in [-0.05, 0) is 19.3 Å². The zero-order valence-electron chi connectivity index (χ0n) is 9.22. The molecule has 2 rings (SSSR count). The SMILES string of the molecule is O=C=NC1(c2cc([N+](=O)[O-])cc(F)c2O)CCC1. The summed E-state index contributed by atoms with van der Waals surface area (Å²) in [5.74, 6) is -1.79. The van der Waals surface area contributed by atoms with Crippen LogP contribution in [0.1, 0.15) is 24.8 Å². The molecule has 6 nitrogen and oxygen atoms in total. The molecule has 0 aliphatic heterocycles. The summed E-state index contributed by atoms with van der Waals surface area (Å²) >= 11 is 0. The van der Waals surface area contributed by atoms with Crippen molar-refractivity contribution in [3.63, 3.8) is 0 Å². The first-order chi connectivity index (χ1) is 8.50. The van der Waals surface area contributed by atoms with Crippen molar-refractivity contribution in [3.8, 4) is 5.75 Å². The number of halogens is 1. The number of isocyanates is 1. The van der Waals surface area contributed by atoms with Crippen molar-refractivity contribution < 1.29 is 19.2 Å². The number of phenolic OH excluding ortho intramolecular Hbond substituents is 1. The molecular weight excluding hydrogens is 243 g/mol. The fourth-order valence-corrected chi connectivity index (χ4v) is 2.09. The van der Waals surface area contributed by atoms with Gasteiger partial charge in [-0.25, -0.2) is 9.18 Å². The molecule has 0 spiro atoms. The molecule has 0 bridgehead atoms. The molecule has 94 valence electrons. The highest BCUT2D eigenvalue weighted by Gasteiger charge is 2.42. The van der Waals surface area contributed by atoms with E-state index >= 15 is 0 Å². The maximum Gasteiger partial charge on any atom is 0.273 e. The first-order valence-electron chi connectivity index (χ1n) is 5.26. The summed E-state index contributed by atoms with van der Waals surface area (Å²) in [4.78, 5) is 23.9. The van der Waals surface area contributed by atoms with Gasteiger partial charge in [-0.2, -0.15) is 4.99 Å². The summed E-state index contributed by atoms with van der Waals surface area (Å²) in [5, 5.41) is 20.3. The molecule has 0 radical (unpaired) electrons. The summed E-state index contributed by atoms with van der Waals surface area (Å²) < 4.78 is 13.4. The number of phenols is 1. The van der Waals surface area contributed by atoms with Crippen molar-refractivity contribution in [3.05, 3.63) is 33.6 Å². The number of nitro groups is 1. The van der Waals surface area contributed by atoms with Gasteiger partial charge in [0.1, 0.15) is 5.54 Å². The molecule has 0 atom stereocenters. The van der Waals surface area contributed by atoms with Crippen LogP contribution < -0.4 is 0 Å². The smallest absolute Gasteiger partial charge is 0.273 e. The molecule has 1 saturated carbocycles. The number of benzene rings is 1. The Kier molecular flexibility index (Phi) is 2.84. The minimum absolute atomic E-state index is 0.0243. The molecule has 1 fully saturated rings. The van der Waals surface area contributed by atoms with E-state index in [1.54, 1.807) is 0 Å². The average molecular weight is 252 g/mol. The highest BCUT2D eigenvalue weighted by molar-refractivity contribution is 5.50. The number of nitro benzene ring substituents is 1. The lowest BCUT2D eigenvalue weighted by molar-refractivity contribution is -0.385. The molecule has 0 unspecified atom stereocenters. The highest BCUT2D eigenvalue weighted by Crippen LogP contribution is 2.49. The van der Waals surface area contributed by atoms with Gasteiger partial charge in [0.15, 0.2) is 11.6 Å². The Balaban J connectivity index is 2.62. The van der Waals surface area contributed by atoms with Crippen LogP contribution in [-0.4, -0.2) is 16.1 Å². The molecule has 1 N–H and O–H groups in total. The van der Waals surface area contributed by atoms with E-state index in [0.717, 1.165) is 12.5 Å². The van der Waals surface area contributed by atoms with Crippen LogP contribution in [0, 0.1) is 15.9 Å². The highest BCUT2D eigenvalue weighted by atomic mass is 19.1. The molecule has 1 aliphatic rings. The number of hydrogen-bond acceptors (Lipinski definition) is 5. The van der Waals surface area contributed by atoms with Gasteiger partial charge in [-0.1, -0.05) is 0 Å². The van der Waals surface area contributed by atoms with Crippen molar-refractivity contribution in [2.75, 3.05) is 0 Å². The number of nitrogens with zero attached hydrogens (tertiary/aromatic N) is 2. The zero-order chi connectivity index (χ0) is 13.3. The van der Waals surface area contributed by atoms with E-state index in [0.29, 0.717) is 18.9 Å². The normalized spacial score (nSPS) is 16.5. The topological polar surface area (TPSA) is 92.8 Å². The predicted octanol–water partition coefficient (Wildman–Crippen LogP) is 2.15. The number of aromatic hydroxyl groups is 1. The Hall–Kier alpha value is -2.27. The van der Waals surface area contributed by atoms with Gasteiger partial charge in [0.2, 0.25) is 6.08 Å². The number of rotatable bonds is 3. The van der Waals surface area contributed by atoms with E-state index < -0.39 is 27.7 Å². The first kappa shape index (κ1) is 12.2. The predicted molar refractivity (Wildman–Crippen MR) is 58.4 cm³/mol. The van der Waals surface area contributed by atoms with Crippen molar-refractivity contribution in [1.29, 1.82) is 0 Å². The van der Waals surface area contributed by atoms with E-state index in [2.05, 4.69) is 4.99 Å². The monoisotopic (exact) mass is 252 g/mol. The van der Waals surface area contributed by atoms with Crippen LogP contribution in [-0.2, 0) is 10.3 Å². The van der Waals surface area contributed by atoms with Crippen LogP contribution in [0.2, 0.25) is 0 Å². The van der Waals surface area contributed by atoms with E-state index in [9.17, 15) is 24.4 Å². The van der Waals surface area contributed by atoms with Crippen LogP contribution in [0.4, 0.5) is 10.1 Å². The van der Waals surface area contributed by atoms with E-state index in [1.807, 2.05) is 0 Å². The van der Waals surface area contributed by atoms with Crippen LogP contribution in [0.3, 0.4) is 0 Å². The first-order valence-corrected chi connectivity index (χ1v) is 5.26. The Morgan fingerprint density at radius 1 is 1.50 bits per heavy atom. The lowest BCUT2D eigenvalue weighted by Crippen LogP contribution is -2.32. The standard InChI is InChI=1S/C11H9FN2O4/c12-9-5-7(14(17)18)4-8(10(9)16)11(13-6-15)2-1-3-11/h4-5,16H,1-3H2. The third kappa shape index (κ3) is 1.74. The van der Waals surface area contributed by atoms with Crippen molar-refractivity contribution in [1.82, 2.24) is 0 Å².